The first kappa shape index (κ1) is 20.3. The first-order valence-electron chi connectivity index (χ1n) is 9.13. The minimum Gasteiger partial charge on any atom is -0.444 e. The van der Waals surface area contributed by atoms with Crippen molar-refractivity contribution >= 4 is 6.09 Å². The molecule has 0 saturated carbocycles. The highest BCUT2D eigenvalue weighted by Gasteiger charge is 2.33. The van der Waals surface area contributed by atoms with Crippen molar-refractivity contribution in [1.29, 1.82) is 0 Å². The maximum Gasteiger partial charge on any atom is 0.410 e. The molecule has 23 heavy (non-hydrogen) atoms. The normalized spacial score (nSPS) is 22.1. The number of hydrogen-bond acceptors (Lipinski definition) is 3. The maximum absolute atomic E-state index is 12.3. The van der Waals surface area contributed by atoms with Crippen molar-refractivity contribution in [2.75, 3.05) is 13.1 Å². The Morgan fingerprint density at radius 1 is 1.22 bits per heavy atom. The number of nitrogens with zero attached hydrogens (tertiary/aromatic N) is 1. The number of hydrogen-bond donors (Lipinski definition) is 1. The van der Waals surface area contributed by atoms with E-state index in [-0.39, 0.29) is 6.09 Å². The minimum absolute atomic E-state index is 0.157. The predicted octanol–water partition coefficient (Wildman–Crippen LogP) is 4.44. The van der Waals surface area contributed by atoms with Gasteiger partial charge in [-0.1, -0.05) is 27.7 Å². The molecule has 1 aliphatic rings. The number of carbonyl (C=O) groups is 1. The summed E-state index contributed by atoms with van der Waals surface area (Å²) in [4.78, 5) is 14.3. The second-order valence-corrected chi connectivity index (χ2v) is 9.28. The van der Waals surface area contributed by atoms with Crippen molar-refractivity contribution in [2.24, 2.45) is 11.3 Å². The molecule has 0 aliphatic carbocycles. The number of likely N-dealkylation sites (tertiary alicyclic amines) is 1. The van der Waals surface area contributed by atoms with Gasteiger partial charge < -0.3 is 15.0 Å². The monoisotopic (exact) mass is 326 g/mol. The van der Waals surface area contributed by atoms with Gasteiger partial charge in [0, 0.05) is 18.6 Å². The van der Waals surface area contributed by atoms with Crippen LogP contribution < -0.4 is 5.32 Å². The van der Waals surface area contributed by atoms with E-state index in [1.54, 1.807) is 0 Å². The molecule has 0 spiro atoms. The van der Waals surface area contributed by atoms with E-state index in [4.69, 9.17) is 4.74 Å². The van der Waals surface area contributed by atoms with Crippen LogP contribution in [0, 0.1) is 11.3 Å². The van der Waals surface area contributed by atoms with E-state index in [9.17, 15) is 4.79 Å². The first-order valence-corrected chi connectivity index (χ1v) is 9.13. The molecule has 1 rings (SSSR count). The van der Waals surface area contributed by atoms with Crippen molar-refractivity contribution in [3.63, 3.8) is 0 Å². The molecule has 0 aromatic heterocycles. The van der Waals surface area contributed by atoms with Crippen molar-refractivity contribution in [1.82, 2.24) is 10.2 Å². The van der Waals surface area contributed by atoms with Gasteiger partial charge in [-0.15, -0.1) is 0 Å². The summed E-state index contributed by atoms with van der Waals surface area (Å²) in [5, 5.41) is 3.64. The van der Waals surface area contributed by atoms with E-state index in [1.165, 1.54) is 0 Å². The summed E-state index contributed by atoms with van der Waals surface area (Å²) in [6, 6.07) is 0.713. The minimum atomic E-state index is -0.420. The molecular formula is C19H38N2O2. The topological polar surface area (TPSA) is 41.6 Å². The fourth-order valence-corrected chi connectivity index (χ4v) is 2.82. The van der Waals surface area contributed by atoms with Gasteiger partial charge in [-0.25, -0.2) is 4.79 Å². The zero-order valence-corrected chi connectivity index (χ0v) is 16.5. The smallest absolute Gasteiger partial charge is 0.410 e. The third-order valence-corrected chi connectivity index (χ3v) is 4.88. The molecule has 4 nitrogen and oxygen atoms in total. The molecule has 136 valence electrons. The molecule has 1 saturated heterocycles. The number of amides is 1. The molecule has 3 atom stereocenters. The van der Waals surface area contributed by atoms with Crippen molar-refractivity contribution in [2.45, 2.75) is 92.3 Å². The lowest BCUT2D eigenvalue weighted by atomic mass is 9.82. The molecule has 0 radical (unpaired) electrons. The largest absolute Gasteiger partial charge is 0.444 e. The molecule has 1 fully saturated rings. The van der Waals surface area contributed by atoms with Gasteiger partial charge in [0.15, 0.2) is 0 Å². The van der Waals surface area contributed by atoms with E-state index >= 15 is 0 Å². The third kappa shape index (κ3) is 7.11. The van der Waals surface area contributed by atoms with Crippen molar-refractivity contribution in [3.8, 4) is 0 Å². The Kier molecular flexibility index (Phi) is 6.94. The molecule has 1 heterocycles. The van der Waals surface area contributed by atoms with Gasteiger partial charge in [0.05, 0.1) is 0 Å². The summed E-state index contributed by atoms with van der Waals surface area (Å²) < 4.78 is 5.54. The average molecular weight is 327 g/mol. The fourth-order valence-electron chi connectivity index (χ4n) is 2.82. The lowest BCUT2D eigenvalue weighted by Crippen LogP contribution is -2.43. The standard InChI is InChI=1S/C19H38N2O2/c1-14(18(3,4)5)13-20-15(2)12-16-10-9-11-21(16)17(22)23-19(6,7)8/h14-16,20H,9-13H2,1-8H3. The quantitative estimate of drug-likeness (QED) is 0.812. The fraction of sp³-hybridized carbons (Fsp3) is 0.947. The highest BCUT2D eigenvalue weighted by molar-refractivity contribution is 5.68. The molecule has 0 bridgehead atoms. The van der Waals surface area contributed by atoms with Gasteiger partial charge >= 0.3 is 6.09 Å². The average Bonchev–Trinajstić information content (AvgIpc) is 2.80. The number of rotatable bonds is 5. The number of carbonyl (C=O) groups excluding carboxylic acids is 1. The Morgan fingerprint density at radius 2 is 1.83 bits per heavy atom. The van der Waals surface area contributed by atoms with Crippen LogP contribution in [0.2, 0.25) is 0 Å². The zero-order chi connectivity index (χ0) is 17.8. The van der Waals surface area contributed by atoms with Crippen LogP contribution >= 0.6 is 0 Å². The van der Waals surface area contributed by atoms with Crippen LogP contribution in [0.5, 0.6) is 0 Å². The summed E-state index contributed by atoms with van der Waals surface area (Å²) in [6.07, 6.45) is 3.00. The van der Waals surface area contributed by atoms with Gasteiger partial charge in [0.2, 0.25) is 0 Å². The summed E-state index contributed by atoms with van der Waals surface area (Å²) >= 11 is 0. The van der Waals surface area contributed by atoms with Gasteiger partial charge in [-0.05, 0) is 64.8 Å². The molecular weight excluding hydrogens is 288 g/mol. The van der Waals surface area contributed by atoms with Crippen molar-refractivity contribution in [3.05, 3.63) is 0 Å². The Bertz CT molecular complexity index is 382. The second kappa shape index (κ2) is 7.87. The lowest BCUT2D eigenvalue weighted by molar-refractivity contribution is 0.0214. The first-order chi connectivity index (χ1) is 10.4. The van der Waals surface area contributed by atoms with E-state index in [0.717, 1.165) is 32.4 Å². The van der Waals surface area contributed by atoms with E-state index in [1.807, 2.05) is 25.7 Å². The Labute approximate surface area is 143 Å². The molecule has 1 amide bonds. The highest BCUT2D eigenvalue weighted by Crippen LogP contribution is 2.26. The summed E-state index contributed by atoms with van der Waals surface area (Å²) in [7, 11) is 0. The van der Waals surface area contributed by atoms with Crippen LogP contribution in [0.25, 0.3) is 0 Å². The van der Waals surface area contributed by atoms with Crippen LogP contribution in [0.15, 0.2) is 0 Å². The van der Waals surface area contributed by atoms with E-state index in [2.05, 4.69) is 39.9 Å². The third-order valence-electron chi connectivity index (χ3n) is 4.88. The van der Waals surface area contributed by atoms with E-state index < -0.39 is 5.60 Å². The molecule has 1 aliphatic heterocycles. The predicted molar refractivity (Wildman–Crippen MR) is 96.7 cm³/mol. The SMILES string of the molecule is CC(CC1CCCN1C(=O)OC(C)(C)C)NCC(C)C(C)(C)C. The van der Waals surface area contributed by atoms with Gasteiger partial charge in [-0.3, -0.25) is 0 Å². The van der Waals surface area contributed by atoms with E-state index in [0.29, 0.717) is 23.4 Å². The number of nitrogens with one attached hydrogen (secondary N) is 1. The molecule has 4 heteroatoms. The number of ether oxygens (including phenoxy) is 1. The second-order valence-electron chi connectivity index (χ2n) is 9.28. The summed E-state index contributed by atoms with van der Waals surface area (Å²) in [5.41, 5.74) is -0.0984. The van der Waals surface area contributed by atoms with Gasteiger partial charge in [0.1, 0.15) is 5.60 Å². The van der Waals surface area contributed by atoms with Crippen LogP contribution in [0.3, 0.4) is 0 Å². The Hall–Kier alpha value is -0.770. The van der Waals surface area contributed by atoms with Crippen LogP contribution in [0.4, 0.5) is 4.79 Å². The Balaban J connectivity index is 2.47. The molecule has 0 aromatic carbocycles. The zero-order valence-electron chi connectivity index (χ0n) is 16.5. The van der Waals surface area contributed by atoms with Gasteiger partial charge in [-0.2, -0.15) is 0 Å². The van der Waals surface area contributed by atoms with Crippen molar-refractivity contribution < 1.29 is 9.53 Å². The lowest BCUT2D eigenvalue weighted by Gasteiger charge is -2.32. The molecule has 1 N–H and O–H groups in total. The summed E-state index contributed by atoms with van der Waals surface area (Å²) in [6.45, 7) is 19.0. The molecule has 3 unspecified atom stereocenters. The van der Waals surface area contributed by atoms with Crippen LogP contribution in [-0.2, 0) is 4.74 Å². The van der Waals surface area contributed by atoms with Gasteiger partial charge in [0.25, 0.3) is 0 Å². The maximum atomic E-state index is 12.3. The highest BCUT2D eigenvalue weighted by atomic mass is 16.6. The molecule has 0 aromatic rings. The van der Waals surface area contributed by atoms with Crippen LogP contribution in [-0.4, -0.2) is 41.8 Å². The van der Waals surface area contributed by atoms with Crippen LogP contribution in [0.1, 0.15) is 74.7 Å². The Morgan fingerprint density at radius 3 is 2.35 bits per heavy atom. The summed E-state index contributed by atoms with van der Waals surface area (Å²) in [5.74, 6) is 0.621.